The van der Waals surface area contributed by atoms with Gasteiger partial charge in [-0.15, -0.1) is 0 Å². The number of hydrogen-bond acceptors (Lipinski definition) is 2. The molecule has 4 rings (SSSR count). The highest BCUT2D eigenvalue weighted by molar-refractivity contribution is 5.24. The van der Waals surface area contributed by atoms with Crippen molar-refractivity contribution in [2.75, 3.05) is 13.1 Å². The first-order valence-electron chi connectivity index (χ1n) is 10.4. The molecule has 1 aliphatic carbocycles. The van der Waals surface area contributed by atoms with Gasteiger partial charge in [0.1, 0.15) is 11.9 Å². The molecule has 1 saturated heterocycles. The summed E-state index contributed by atoms with van der Waals surface area (Å²) in [7, 11) is 0. The molecule has 3 unspecified atom stereocenters. The molecule has 0 amide bonds. The molecule has 1 aliphatic heterocycles. The number of rotatable bonds is 5. The summed E-state index contributed by atoms with van der Waals surface area (Å²) < 4.78 is 6.71. The molecule has 2 heteroatoms. The molecule has 1 saturated carbocycles. The molecule has 0 aromatic heterocycles. The van der Waals surface area contributed by atoms with Crippen LogP contribution in [-0.2, 0) is 0 Å². The molecule has 2 fully saturated rings. The molecule has 26 heavy (non-hydrogen) atoms. The van der Waals surface area contributed by atoms with Crippen LogP contribution in [0.3, 0.4) is 0 Å². The van der Waals surface area contributed by atoms with E-state index >= 15 is 0 Å². The molecule has 1 heterocycles. The van der Waals surface area contributed by atoms with Gasteiger partial charge in [-0.25, -0.2) is 0 Å². The van der Waals surface area contributed by atoms with Crippen molar-refractivity contribution in [1.29, 1.82) is 0 Å². The highest BCUT2D eigenvalue weighted by Gasteiger charge is 2.38. The Morgan fingerprint density at radius 2 is 1.50 bits per heavy atom. The highest BCUT2D eigenvalue weighted by Crippen LogP contribution is 2.40. The lowest BCUT2D eigenvalue weighted by Gasteiger charge is -2.42. The molecule has 2 nitrogen and oxygen atoms in total. The number of para-hydroxylation sites is 1. The van der Waals surface area contributed by atoms with E-state index in [-0.39, 0.29) is 0 Å². The van der Waals surface area contributed by atoms with E-state index in [1.165, 1.54) is 44.1 Å². The molecule has 0 bridgehead atoms. The Morgan fingerprint density at radius 3 is 2.23 bits per heavy atom. The van der Waals surface area contributed by atoms with Gasteiger partial charge in [-0.1, -0.05) is 67.8 Å². The van der Waals surface area contributed by atoms with Gasteiger partial charge in [0.25, 0.3) is 0 Å². The van der Waals surface area contributed by atoms with Crippen molar-refractivity contribution in [2.24, 2.45) is 11.8 Å². The van der Waals surface area contributed by atoms with Crippen LogP contribution in [0.15, 0.2) is 60.7 Å². The van der Waals surface area contributed by atoms with Crippen molar-refractivity contribution in [3.8, 4) is 5.75 Å². The number of piperidine rings is 1. The number of hydrogen-bond donors (Lipinski definition) is 1. The zero-order chi connectivity index (χ0) is 17.6. The van der Waals surface area contributed by atoms with Crippen molar-refractivity contribution >= 4 is 0 Å². The summed E-state index contributed by atoms with van der Waals surface area (Å²) in [5.74, 6) is 2.84. The standard InChI is InChI=1S/C24H31NO/c1-4-10-19(11-5-1)22-16-17-25-18-23(22)24(20-12-6-2-7-13-20)26-21-14-8-3-9-15-21/h1,3-5,8-11,14-15,20,22-25H,2,6-7,12-13,16-18H2. The van der Waals surface area contributed by atoms with E-state index < -0.39 is 0 Å². The first kappa shape index (κ1) is 17.6. The van der Waals surface area contributed by atoms with Crippen molar-refractivity contribution in [1.82, 2.24) is 5.32 Å². The van der Waals surface area contributed by atoms with Gasteiger partial charge in [-0.3, -0.25) is 0 Å². The van der Waals surface area contributed by atoms with E-state index in [1.807, 2.05) is 0 Å². The van der Waals surface area contributed by atoms with E-state index in [9.17, 15) is 0 Å². The summed E-state index contributed by atoms with van der Waals surface area (Å²) >= 11 is 0. The topological polar surface area (TPSA) is 21.3 Å². The smallest absolute Gasteiger partial charge is 0.119 e. The molecule has 0 radical (unpaired) electrons. The maximum absolute atomic E-state index is 6.71. The van der Waals surface area contributed by atoms with E-state index in [1.54, 1.807) is 0 Å². The molecule has 138 valence electrons. The molecular weight excluding hydrogens is 318 g/mol. The highest BCUT2D eigenvalue weighted by atomic mass is 16.5. The normalized spacial score (nSPS) is 25.5. The largest absolute Gasteiger partial charge is 0.490 e. The molecule has 0 spiro atoms. The van der Waals surface area contributed by atoms with Gasteiger partial charge in [0.2, 0.25) is 0 Å². The Kier molecular flexibility index (Phi) is 5.91. The van der Waals surface area contributed by atoms with E-state index in [0.29, 0.717) is 23.9 Å². The second kappa shape index (κ2) is 8.73. The van der Waals surface area contributed by atoms with E-state index in [2.05, 4.69) is 66.0 Å². The fourth-order valence-electron chi connectivity index (χ4n) is 4.99. The summed E-state index contributed by atoms with van der Waals surface area (Å²) in [6.45, 7) is 2.17. The Balaban J connectivity index is 1.61. The van der Waals surface area contributed by atoms with Crippen LogP contribution in [0.5, 0.6) is 5.75 Å². The van der Waals surface area contributed by atoms with Crippen molar-refractivity contribution < 1.29 is 4.74 Å². The summed E-state index contributed by atoms with van der Waals surface area (Å²) in [5.41, 5.74) is 1.48. The lowest BCUT2D eigenvalue weighted by atomic mass is 9.71. The number of ether oxygens (including phenoxy) is 1. The average molecular weight is 350 g/mol. The fraction of sp³-hybridized carbons (Fsp3) is 0.500. The molecule has 1 N–H and O–H groups in total. The molecule has 2 aromatic carbocycles. The maximum Gasteiger partial charge on any atom is 0.119 e. The lowest BCUT2D eigenvalue weighted by Crippen LogP contribution is -2.47. The first-order valence-corrected chi connectivity index (χ1v) is 10.4. The van der Waals surface area contributed by atoms with Crippen LogP contribution >= 0.6 is 0 Å². The average Bonchev–Trinajstić information content (AvgIpc) is 2.74. The van der Waals surface area contributed by atoms with Gasteiger partial charge >= 0.3 is 0 Å². The fourth-order valence-corrected chi connectivity index (χ4v) is 4.99. The summed E-state index contributed by atoms with van der Waals surface area (Å²) in [5, 5.41) is 3.66. The van der Waals surface area contributed by atoms with Crippen LogP contribution in [0.25, 0.3) is 0 Å². The van der Waals surface area contributed by atoms with Crippen molar-refractivity contribution in [2.45, 2.75) is 50.5 Å². The Bertz CT molecular complexity index is 650. The Labute approximate surface area is 158 Å². The van der Waals surface area contributed by atoms with Gasteiger partial charge in [-0.05, 0) is 55.3 Å². The van der Waals surface area contributed by atoms with Gasteiger partial charge < -0.3 is 10.1 Å². The zero-order valence-electron chi connectivity index (χ0n) is 15.6. The lowest BCUT2D eigenvalue weighted by molar-refractivity contribution is 0.0346. The monoisotopic (exact) mass is 349 g/mol. The van der Waals surface area contributed by atoms with Crippen LogP contribution in [-0.4, -0.2) is 19.2 Å². The predicted molar refractivity (Wildman–Crippen MR) is 108 cm³/mol. The van der Waals surface area contributed by atoms with E-state index in [4.69, 9.17) is 4.74 Å². The molecular formula is C24H31NO. The SMILES string of the molecule is c1ccc(OC(C2CCCCC2)C2CNCCC2c2ccccc2)cc1. The predicted octanol–water partition coefficient (Wildman–Crippen LogP) is 5.41. The quantitative estimate of drug-likeness (QED) is 0.779. The van der Waals surface area contributed by atoms with Gasteiger partial charge in [0, 0.05) is 12.5 Å². The molecule has 2 aromatic rings. The maximum atomic E-state index is 6.71. The molecule has 3 atom stereocenters. The number of benzene rings is 2. The minimum absolute atomic E-state index is 0.302. The van der Waals surface area contributed by atoms with Gasteiger partial charge in [0.05, 0.1) is 0 Å². The third-order valence-corrected chi connectivity index (χ3v) is 6.31. The van der Waals surface area contributed by atoms with Crippen LogP contribution in [0, 0.1) is 11.8 Å². The third kappa shape index (κ3) is 4.12. The summed E-state index contributed by atoms with van der Waals surface area (Å²) in [4.78, 5) is 0. The third-order valence-electron chi connectivity index (χ3n) is 6.31. The van der Waals surface area contributed by atoms with E-state index in [0.717, 1.165) is 18.8 Å². The number of nitrogens with one attached hydrogen (secondary N) is 1. The van der Waals surface area contributed by atoms with Crippen molar-refractivity contribution in [3.05, 3.63) is 66.2 Å². The Hall–Kier alpha value is -1.80. The summed E-state index contributed by atoms with van der Waals surface area (Å²) in [6.07, 6.45) is 8.24. The van der Waals surface area contributed by atoms with Crippen LogP contribution < -0.4 is 10.1 Å². The first-order chi connectivity index (χ1) is 12.9. The second-order valence-electron chi connectivity index (χ2n) is 7.97. The minimum atomic E-state index is 0.302. The second-order valence-corrected chi connectivity index (χ2v) is 7.97. The van der Waals surface area contributed by atoms with Gasteiger partial charge in [-0.2, -0.15) is 0 Å². The van der Waals surface area contributed by atoms with Crippen molar-refractivity contribution in [3.63, 3.8) is 0 Å². The molecule has 2 aliphatic rings. The Morgan fingerprint density at radius 1 is 0.808 bits per heavy atom. The van der Waals surface area contributed by atoms with Crippen LogP contribution in [0.4, 0.5) is 0 Å². The van der Waals surface area contributed by atoms with Crippen LogP contribution in [0.1, 0.15) is 50.0 Å². The van der Waals surface area contributed by atoms with Gasteiger partial charge in [0.15, 0.2) is 0 Å². The summed E-state index contributed by atoms with van der Waals surface area (Å²) in [6, 6.07) is 21.6. The zero-order valence-corrected chi connectivity index (χ0v) is 15.6. The minimum Gasteiger partial charge on any atom is -0.490 e. The van der Waals surface area contributed by atoms with Crippen LogP contribution in [0.2, 0.25) is 0 Å².